The summed E-state index contributed by atoms with van der Waals surface area (Å²) in [5.74, 6) is -1.96. The summed E-state index contributed by atoms with van der Waals surface area (Å²) in [5.41, 5.74) is -0.187. The molecule has 0 aromatic heterocycles. The molecule has 2 aliphatic rings. The van der Waals surface area contributed by atoms with Gasteiger partial charge < -0.3 is 39.0 Å². The Morgan fingerprint density at radius 1 is 1.14 bits per heavy atom. The first kappa shape index (κ1) is 27.9. The first-order chi connectivity index (χ1) is 17.6. The van der Waals surface area contributed by atoms with E-state index in [1.54, 1.807) is 19.3 Å². The predicted octanol–water partition coefficient (Wildman–Crippen LogP) is 1.56. The number of carbonyl (C=O) groups is 3. The van der Waals surface area contributed by atoms with Crippen LogP contribution in [-0.4, -0.2) is 77.5 Å². The van der Waals surface area contributed by atoms with Crippen molar-refractivity contribution in [2.24, 2.45) is 5.92 Å². The molecule has 1 heterocycles. The highest BCUT2D eigenvalue weighted by Gasteiger charge is 2.50. The van der Waals surface area contributed by atoms with Crippen molar-refractivity contribution in [2.75, 3.05) is 13.7 Å². The van der Waals surface area contributed by atoms with Crippen LogP contribution in [0.2, 0.25) is 0 Å². The fourth-order valence-corrected chi connectivity index (χ4v) is 3.98. The first-order valence-electron chi connectivity index (χ1n) is 11.6. The van der Waals surface area contributed by atoms with E-state index in [1.807, 2.05) is 12.2 Å². The van der Waals surface area contributed by atoms with Gasteiger partial charge in [-0.3, -0.25) is 14.4 Å². The van der Waals surface area contributed by atoms with E-state index >= 15 is 0 Å². The van der Waals surface area contributed by atoms with E-state index in [1.165, 1.54) is 24.3 Å². The van der Waals surface area contributed by atoms with Crippen molar-refractivity contribution < 1.29 is 53.4 Å². The summed E-state index contributed by atoms with van der Waals surface area (Å²) in [6, 6.07) is 4.12. The average molecular weight is 519 g/mol. The Hall–Kier alpha value is -3.67. The van der Waals surface area contributed by atoms with Gasteiger partial charge in [0.25, 0.3) is 0 Å². The number of esters is 2. The fourth-order valence-electron chi connectivity index (χ4n) is 3.98. The molecule has 1 aliphatic carbocycles. The smallest absolute Gasteiger partial charge is 0.303 e. The summed E-state index contributed by atoms with van der Waals surface area (Å²) in [6.07, 6.45) is 1.95. The highest BCUT2D eigenvalue weighted by Crippen LogP contribution is 2.33. The lowest BCUT2D eigenvalue weighted by atomic mass is 9.97. The molecule has 1 fully saturated rings. The van der Waals surface area contributed by atoms with Crippen LogP contribution >= 0.6 is 0 Å². The Balaban J connectivity index is 1.89. The third-order valence-corrected chi connectivity index (χ3v) is 5.73. The maximum atomic E-state index is 13.1. The number of phenols is 1. The molecule has 1 aromatic rings. The standard InChI is InChI=1S/C26H30O11/c1-14(28)34-24-23(32)21(13-27)37-26(25(24)35-15(2)29)36-20-6-4-5-18(30)22(20)19(31)12-9-16-7-10-17(33-3)11-8-16/h4-7,9-12,16,21,23-27,30,32H,8,13H2,1-3H3/t16?,21-,23-,24+,25-,26-/m1/s1. The van der Waals surface area contributed by atoms with Crippen LogP contribution in [0.5, 0.6) is 11.5 Å². The lowest BCUT2D eigenvalue weighted by Gasteiger charge is -2.42. The largest absolute Gasteiger partial charge is 0.507 e. The Bertz CT molecular complexity index is 1090. The first-order valence-corrected chi connectivity index (χ1v) is 11.6. The van der Waals surface area contributed by atoms with Crippen LogP contribution in [0, 0.1) is 5.92 Å². The van der Waals surface area contributed by atoms with Gasteiger partial charge in [0.1, 0.15) is 35.0 Å². The van der Waals surface area contributed by atoms with Crippen molar-refractivity contribution in [3.8, 4) is 11.5 Å². The highest BCUT2D eigenvalue weighted by atomic mass is 16.7. The number of aromatic hydroxyl groups is 1. The molecule has 0 saturated carbocycles. The van der Waals surface area contributed by atoms with Gasteiger partial charge in [-0.15, -0.1) is 0 Å². The second-order valence-corrected chi connectivity index (χ2v) is 8.42. The Morgan fingerprint density at radius 2 is 1.84 bits per heavy atom. The molecule has 6 atom stereocenters. The van der Waals surface area contributed by atoms with Crippen LogP contribution in [-0.2, 0) is 28.5 Å². The molecule has 1 aromatic carbocycles. The number of ketones is 1. The molecule has 3 rings (SSSR count). The molecule has 1 saturated heterocycles. The molecule has 11 nitrogen and oxygen atoms in total. The second-order valence-electron chi connectivity index (χ2n) is 8.42. The van der Waals surface area contributed by atoms with Crippen LogP contribution in [0.1, 0.15) is 30.6 Å². The van der Waals surface area contributed by atoms with Gasteiger partial charge in [0, 0.05) is 13.8 Å². The quantitative estimate of drug-likeness (QED) is 0.247. The molecule has 37 heavy (non-hydrogen) atoms. The molecule has 200 valence electrons. The summed E-state index contributed by atoms with van der Waals surface area (Å²) < 4.78 is 27.0. The number of benzene rings is 1. The van der Waals surface area contributed by atoms with Crippen molar-refractivity contribution in [1.29, 1.82) is 0 Å². The Morgan fingerprint density at radius 3 is 2.43 bits per heavy atom. The predicted molar refractivity (Wildman–Crippen MR) is 127 cm³/mol. The fraction of sp³-hybridized carbons (Fsp3) is 0.423. The van der Waals surface area contributed by atoms with Crippen LogP contribution in [0.3, 0.4) is 0 Å². The third kappa shape index (κ3) is 6.97. The van der Waals surface area contributed by atoms with Crippen molar-refractivity contribution in [3.63, 3.8) is 0 Å². The zero-order valence-corrected chi connectivity index (χ0v) is 20.6. The molecular weight excluding hydrogens is 488 g/mol. The Labute approximate surface area is 213 Å². The van der Waals surface area contributed by atoms with Crippen molar-refractivity contribution in [3.05, 3.63) is 59.9 Å². The maximum absolute atomic E-state index is 13.1. The van der Waals surface area contributed by atoms with E-state index in [-0.39, 0.29) is 23.0 Å². The summed E-state index contributed by atoms with van der Waals surface area (Å²) in [6.45, 7) is 1.53. The molecule has 0 bridgehead atoms. The lowest BCUT2D eigenvalue weighted by molar-refractivity contribution is -0.285. The minimum atomic E-state index is -1.54. The van der Waals surface area contributed by atoms with Crippen molar-refractivity contribution in [1.82, 2.24) is 0 Å². The van der Waals surface area contributed by atoms with Crippen LogP contribution in [0.4, 0.5) is 0 Å². The molecule has 1 aliphatic heterocycles. The van der Waals surface area contributed by atoms with Crippen LogP contribution < -0.4 is 4.74 Å². The van der Waals surface area contributed by atoms with Gasteiger partial charge in [0.2, 0.25) is 12.4 Å². The monoisotopic (exact) mass is 518 g/mol. The van der Waals surface area contributed by atoms with E-state index in [0.717, 1.165) is 19.6 Å². The maximum Gasteiger partial charge on any atom is 0.303 e. The van der Waals surface area contributed by atoms with E-state index in [9.17, 15) is 29.7 Å². The number of hydrogen-bond donors (Lipinski definition) is 3. The van der Waals surface area contributed by atoms with Gasteiger partial charge >= 0.3 is 11.9 Å². The number of rotatable bonds is 9. The normalized spacial score (nSPS) is 27.3. The SMILES string of the molecule is COC1=CCC(C=CC(=O)c2c(O)cccc2O[C@@H]2O[C@H](CO)[C@@H](O)[C@H](OC(C)=O)[C@H]2OC(C)=O)C=C1. The van der Waals surface area contributed by atoms with Crippen LogP contribution in [0.25, 0.3) is 0 Å². The van der Waals surface area contributed by atoms with Crippen molar-refractivity contribution in [2.45, 2.75) is 51.0 Å². The number of aliphatic hydroxyl groups excluding tert-OH is 2. The average Bonchev–Trinajstić information content (AvgIpc) is 2.86. The van der Waals surface area contributed by atoms with E-state index in [4.69, 9.17) is 23.7 Å². The van der Waals surface area contributed by atoms with Crippen LogP contribution in [0.15, 0.2) is 54.3 Å². The number of ether oxygens (including phenoxy) is 5. The van der Waals surface area contributed by atoms with Gasteiger partial charge in [-0.2, -0.15) is 0 Å². The molecule has 0 radical (unpaired) electrons. The molecule has 0 spiro atoms. The number of allylic oxidation sites excluding steroid dienone is 5. The minimum Gasteiger partial charge on any atom is -0.507 e. The minimum absolute atomic E-state index is 0.0654. The number of aliphatic hydroxyl groups is 2. The van der Waals surface area contributed by atoms with Gasteiger partial charge in [-0.1, -0.05) is 18.2 Å². The summed E-state index contributed by atoms with van der Waals surface area (Å²) in [4.78, 5) is 36.5. The number of phenolic OH excluding ortho intramolecular Hbond substituents is 1. The van der Waals surface area contributed by atoms with Crippen molar-refractivity contribution >= 4 is 17.7 Å². The zero-order valence-electron chi connectivity index (χ0n) is 20.6. The van der Waals surface area contributed by atoms with Gasteiger partial charge in [0.05, 0.1) is 13.7 Å². The van der Waals surface area contributed by atoms with Gasteiger partial charge in [0.15, 0.2) is 11.9 Å². The Kier molecular flexibility index (Phi) is 9.45. The highest BCUT2D eigenvalue weighted by molar-refractivity contribution is 6.08. The summed E-state index contributed by atoms with van der Waals surface area (Å²) in [5, 5.41) is 30.7. The topological polar surface area (TPSA) is 158 Å². The van der Waals surface area contributed by atoms with Gasteiger partial charge in [-0.25, -0.2) is 0 Å². The number of carbonyl (C=O) groups excluding carboxylic acids is 3. The number of hydrogen-bond acceptors (Lipinski definition) is 11. The van der Waals surface area contributed by atoms with E-state index in [2.05, 4.69) is 0 Å². The lowest BCUT2D eigenvalue weighted by Crippen LogP contribution is -2.62. The van der Waals surface area contributed by atoms with E-state index < -0.39 is 55.0 Å². The van der Waals surface area contributed by atoms with E-state index in [0.29, 0.717) is 6.42 Å². The molecule has 0 amide bonds. The van der Waals surface area contributed by atoms with Gasteiger partial charge in [-0.05, 0) is 42.7 Å². The summed E-state index contributed by atoms with van der Waals surface area (Å²) >= 11 is 0. The molecule has 1 unspecified atom stereocenters. The third-order valence-electron chi connectivity index (χ3n) is 5.73. The summed E-state index contributed by atoms with van der Waals surface area (Å²) in [7, 11) is 1.57. The molecule has 3 N–H and O–H groups in total. The molecule has 11 heteroatoms. The zero-order chi connectivity index (χ0) is 27.1. The number of methoxy groups -OCH3 is 1. The second kappa shape index (κ2) is 12.5. The molecular formula is C26H30O11.